The largest absolute Gasteiger partial charge is 0.497 e. The first kappa shape index (κ1) is 23.0. The number of hydrogen-bond donors (Lipinski definition) is 1. The van der Waals surface area contributed by atoms with E-state index >= 15 is 0 Å². The van der Waals surface area contributed by atoms with Gasteiger partial charge in [-0.15, -0.1) is 0 Å². The molecule has 2 aromatic rings. The number of anilines is 1. The first-order valence-electron chi connectivity index (χ1n) is 11.5. The third-order valence-electron chi connectivity index (χ3n) is 7.48. The van der Waals surface area contributed by atoms with E-state index in [0.717, 1.165) is 11.1 Å². The number of esters is 1. The molecule has 4 atom stereocenters. The quantitative estimate of drug-likeness (QED) is 0.515. The van der Waals surface area contributed by atoms with Crippen LogP contribution in [0.15, 0.2) is 48.5 Å². The Morgan fingerprint density at radius 3 is 2.34 bits per heavy atom. The number of benzene rings is 2. The van der Waals surface area contributed by atoms with Gasteiger partial charge in [-0.2, -0.15) is 0 Å². The van der Waals surface area contributed by atoms with Crippen molar-refractivity contribution in [2.24, 2.45) is 11.8 Å². The summed E-state index contributed by atoms with van der Waals surface area (Å²) in [6.07, 6.45) is -0.329. The van der Waals surface area contributed by atoms with Crippen molar-refractivity contribution < 1.29 is 28.7 Å². The summed E-state index contributed by atoms with van der Waals surface area (Å²) in [5.41, 5.74) is 0.676. The summed E-state index contributed by atoms with van der Waals surface area (Å²) in [5.74, 6) is -3.15. The highest BCUT2D eigenvalue weighted by Crippen LogP contribution is 2.57. The summed E-state index contributed by atoms with van der Waals surface area (Å²) in [5, 5.41) is 2.83. The minimum Gasteiger partial charge on any atom is -0.497 e. The van der Waals surface area contributed by atoms with Crippen LogP contribution >= 0.6 is 0 Å². The molecule has 5 rings (SSSR count). The lowest BCUT2D eigenvalue weighted by atomic mass is 9.76. The predicted molar refractivity (Wildman–Crippen MR) is 125 cm³/mol. The van der Waals surface area contributed by atoms with Crippen molar-refractivity contribution in [3.8, 4) is 5.75 Å². The molecule has 0 aromatic heterocycles. The van der Waals surface area contributed by atoms with Crippen molar-refractivity contribution in [3.05, 3.63) is 59.7 Å². The molecule has 0 radical (unpaired) electrons. The minimum absolute atomic E-state index is 0.329. The number of fused-ring (bicyclic) bond motifs is 3. The van der Waals surface area contributed by atoms with Gasteiger partial charge in [0.15, 0.2) is 0 Å². The predicted octanol–water partition coefficient (Wildman–Crippen LogP) is 1.60. The van der Waals surface area contributed by atoms with Gasteiger partial charge < -0.3 is 14.8 Å². The molecule has 9 nitrogen and oxygen atoms in total. The number of rotatable bonds is 5. The van der Waals surface area contributed by atoms with Crippen LogP contribution in [0.1, 0.15) is 23.6 Å². The van der Waals surface area contributed by atoms with Crippen molar-refractivity contribution in [1.29, 1.82) is 0 Å². The summed E-state index contributed by atoms with van der Waals surface area (Å²) in [4.78, 5) is 57.1. The Labute approximate surface area is 203 Å². The zero-order valence-electron chi connectivity index (χ0n) is 19.8. The zero-order valence-corrected chi connectivity index (χ0v) is 19.8. The summed E-state index contributed by atoms with van der Waals surface area (Å²) in [7, 11) is 2.81. The van der Waals surface area contributed by atoms with E-state index < -0.39 is 41.2 Å². The summed E-state index contributed by atoms with van der Waals surface area (Å²) in [6, 6.07) is 13.8. The molecule has 2 aromatic carbocycles. The van der Waals surface area contributed by atoms with Crippen LogP contribution in [0.3, 0.4) is 0 Å². The molecule has 0 saturated carbocycles. The Hall–Kier alpha value is -3.72. The van der Waals surface area contributed by atoms with Crippen molar-refractivity contribution in [1.82, 2.24) is 10.2 Å². The van der Waals surface area contributed by atoms with Crippen LogP contribution in [0.5, 0.6) is 5.75 Å². The lowest BCUT2D eigenvalue weighted by Gasteiger charge is -2.45. The highest BCUT2D eigenvalue weighted by molar-refractivity contribution is 6.24. The molecular weight excluding hydrogens is 450 g/mol. The maximum atomic E-state index is 14.0. The first-order valence-corrected chi connectivity index (χ1v) is 11.5. The van der Waals surface area contributed by atoms with Gasteiger partial charge in [0.2, 0.25) is 17.7 Å². The fourth-order valence-electron chi connectivity index (χ4n) is 5.91. The second-order valence-electron chi connectivity index (χ2n) is 9.20. The molecule has 3 saturated heterocycles. The molecule has 0 bridgehead atoms. The van der Waals surface area contributed by atoms with Crippen LogP contribution in [0, 0.1) is 18.8 Å². The SMILES string of the molecule is COC(=O)C[C@]12C(=O)NCCN1[C@H](c1ccc(OC)cc1)[C@@H]1C(=O)N(c3ccc(C)cc3)C(=O)[C@@H]12. The van der Waals surface area contributed by atoms with E-state index in [4.69, 9.17) is 9.47 Å². The molecule has 3 fully saturated rings. The number of carbonyl (C=O) groups is 4. The normalized spacial score (nSPS) is 27.9. The van der Waals surface area contributed by atoms with Crippen LogP contribution in [-0.2, 0) is 23.9 Å². The first-order chi connectivity index (χ1) is 16.8. The fourth-order valence-corrected chi connectivity index (χ4v) is 5.91. The summed E-state index contributed by atoms with van der Waals surface area (Å²) >= 11 is 0. The lowest BCUT2D eigenvalue weighted by Crippen LogP contribution is -2.67. The molecule has 0 spiro atoms. The van der Waals surface area contributed by atoms with Crippen molar-refractivity contribution in [3.63, 3.8) is 0 Å². The van der Waals surface area contributed by atoms with Crippen molar-refractivity contribution >= 4 is 29.4 Å². The van der Waals surface area contributed by atoms with Gasteiger partial charge in [-0.25, -0.2) is 4.90 Å². The van der Waals surface area contributed by atoms with E-state index in [0.29, 0.717) is 24.5 Å². The number of amides is 3. The molecule has 1 N–H and O–H groups in total. The molecule has 35 heavy (non-hydrogen) atoms. The second kappa shape index (κ2) is 8.49. The van der Waals surface area contributed by atoms with Crippen LogP contribution in [0.2, 0.25) is 0 Å². The Bertz CT molecular complexity index is 1190. The highest BCUT2D eigenvalue weighted by Gasteiger charge is 2.73. The monoisotopic (exact) mass is 477 g/mol. The van der Waals surface area contributed by atoms with Crippen molar-refractivity contribution in [2.75, 3.05) is 32.2 Å². The van der Waals surface area contributed by atoms with Gasteiger partial charge in [-0.3, -0.25) is 24.1 Å². The number of imide groups is 1. The molecule has 3 heterocycles. The molecule has 3 amide bonds. The van der Waals surface area contributed by atoms with Crippen LogP contribution in [0.25, 0.3) is 0 Å². The number of hydrogen-bond acceptors (Lipinski definition) is 7. The Kier molecular flexibility index (Phi) is 5.59. The van der Waals surface area contributed by atoms with Crippen LogP contribution in [0.4, 0.5) is 5.69 Å². The average Bonchev–Trinajstić information content (AvgIpc) is 3.30. The molecule has 9 heteroatoms. The van der Waals surface area contributed by atoms with Gasteiger partial charge in [0.1, 0.15) is 11.3 Å². The number of carbonyl (C=O) groups excluding carboxylic acids is 4. The van der Waals surface area contributed by atoms with Gasteiger partial charge in [0.05, 0.1) is 38.2 Å². The second-order valence-corrected chi connectivity index (χ2v) is 9.20. The van der Waals surface area contributed by atoms with E-state index in [1.165, 1.54) is 12.0 Å². The number of piperazine rings is 1. The zero-order chi connectivity index (χ0) is 24.9. The lowest BCUT2D eigenvalue weighted by molar-refractivity contribution is -0.154. The number of ether oxygens (including phenoxy) is 2. The van der Waals surface area contributed by atoms with Gasteiger partial charge >= 0.3 is 5.97 Å². The third kappa shape index (κ3) is 3.33. The number of aryl methyl sites for hydroxylation is 1. The van der Waals surface area contributed by atoms with E-state index in [1.54, 1.807) is 31.4 Å². The number of nitrogens with zero attached hydrogens (tertiary/aromatic N) is 2. The number of nitrogens with one attached hydrogen (secondary N) is 1. The van der Waals surface area contributed by atoms with Gasteiger partial charge in [-0.1, -0.05) is 29.8 Å². The molecule has 3 aliphatic rings. The number of methoxy groups -OCH3 is 2. The van der Waals surface area contributed by atoms with E-state index in [9.17, 15) is 19.2 Å². The Morgan fingerprint density at radius 2 is 1.71 bits per heavy atom. The molecular formula is C26H27N3O6. The standard InChI is InChI=1S/C26H27N3O6/c1-15-4-8-17(9-5-15)29-23(31)20-21(24(29)32)26(14-19(30)35-3)25(33)27-12-13-28(26)22(20)16-6-10-18(34-2)11-7-16/h4-11,20-22H,12-14H2,1-3H3,(H,27,33)/t20-,21-,22-,26+/m1/s1. The van der Waals surface area contributed by atoms with Crippen LogP contribution in [-0.4, -0.2) is 61.4 Å². The summed E-state index contributed by atoms with van der Waals surface area (Å²) in [6.45, 7) is 2.65. The van der Waals surface area contributed by atoms with E-state index in [-0.39, 0.29) is 12.3 Å². The van der Waals surface area contributed by atoms with Crippen LogP contribution < -0.4 is 15.0 Å². The van der Waals surface area contributed by atoms with Gasteiger partial charge in [0.25, 0.3) is 0 Å². The van der Waals surface area contributed by atoms with Crippen molar-refractivity contribution in [2.45, 2.75) is 24.9 Å². The topological polar surface area (TPSA) is 105 Å². The van der Waals surface area contributed by atoms with E-state index in [2.05, 4.69) is 5.32 Å². The molecule has 182 valence electrons. The minimum atomic E-state index is -1.53. The van der Waals surface area contributed by atoms with E-state index in [1.807, 2.05) is 36.1 Å². The Morgan fingerprint density at radius 1 is 1.03 bits per heavy atom. The maximum Gasteiger partial charge on any atom is 0.307 e. The molecule has 0 unspecified atom stereocenters. The smallest absolute Gasteiger partial charge is 0.307 e. The van der Waals surface area contributed by atoms with Gasteiger partial charge in [0, 0.05) is 19.1 Å². The third-order valence-corrected chi connectivity index (χ3v) is 7.48. The fraction of sp³-hybridized carbons (Fsp3) is 0.385. The maximum absolute atomic E-state index is 14.0. The average molecular weight is 478 g/mol. The van der Waals surface area contributed by atoms with Gasteiger partial charge in [-0.05, 0) is 36.8 Å². The Balaban J connectivity index is 1.69. The summed E-state index contributed by atoms with van der Waals surface area (Å²) < 4.78 is 10.2. The highest BCUT2D eigenvalue weighted by atomic mass is 16.5. The molecule has 0 aliphatic carbocycles. The molecule has 3 aliphatic heterocycles.